The number of thioether (sulfide) groups is 1. The Bertz CT molecular complexity index is 796. The van der Waals surface area contributed by atoms with Crippen LogP contribution in [-0.4, -0.2) is 23.5 Å². The van der Waals surface area contributed by atoms with Crippen molar-refractivity contribution < 1.29 is 19.0 Å². The minimum Gasteiger partial charge on any atom is -0.370 e. The number of nitrogens with two attached hydrogens (primary N) is 1. The molecule has 1 aromatic carbocycles. The highest BCUT2D eigenvalue weighted by Gasteiger charge is 2.14. The number of amides is 2. The van der Waals surface area contributed by atoms with Gasteiger partial charge in [-0.2, -0.15) is 0 Å². The van der Waals surface area contributed by atoms with Crippen LogP contribution in [-0.2, 0) is 16.1 Å². The SMILES string of the molecule is NC(=O)CCCNC(=O)c1ccccc1SC(=O)CCCC[n+]1ccccc1. The molecule has 0 atom stereocenters. The monoisotopic (exact) mass is 400 g/mol. The minimum atomic E-state index is -0.388. The maximum atomic E-state index is 12.4. The van der Waals surface area contributed by atoms with Crippen LogP contribution in [0.2, 0.25) is 0 Å². The van der Waals surface area contributed by atoms with Crippen molar-refractivity contribution in [1.29, 1.82) is 0 Å². The van der Waals surface area contributed by atoms with Crippen LogP contribution >= 0.6 is 11.8 Å². The Balaban J connectivity index is 1.78. The van der Waals surface area contributed by atoms with Gasteiger partial charge in [0, 0.05) is 42.8 Å². The molecule has 0 saturated heterocycles. The highest BCUT2D eigenvalue weighted by molar-refractivity contribution is 8.13. The van der Waals surface area contributed by atoms with Crippen molar-refractivity contribution in [3.63, 3.8) is 0 Å². The van der Waals surface area contributed by atoms with Gasteiger partial charge in [-0.25, -0.2) is 4.57 Å². The van der Waals surface area contributed by atoms with Crippen molar-refractivity contribution in [1.82, 2.24) is 5.32 Å². The Morgan fingerprint density at radius 3 is 2.43 bits per heavy atom. The zero-order chi connectivity index (χ0) is 20.2. The average molecular weight is 401 g/mol. The van der Waals surface area contributed by atoms with Crippen molar-refractivity contribution in [3.8, 4) is 0 Å². The quantitative estimate of drug-likeness (QED) is 0.344. The molecule has 7 heteroatoms. The number of rotatable bonds is 11. The fraction of sp³-hybridized carbons (Fsp3) is 0.333. The Morgan fingerprint density at radius 2 is 1.68 bits per heavy atom. The van der Waals surface area contributed by atoms with Crippen LogP contribution in [0.15, 0.2) is 59.8 Å². The molecule has 0 aliphatic rings. The van der Waals surface area contributed by atoms with Gasteiger partial charge in [-0.05, 0) is 25.0 Å². The maximum absolute atomic E-state index is 12.4. The maximum Gasteiger partial charge on any atom is 0.252 e. The largest absolute Gasteiger partial charge is 0.370 e. The first kappa shape index (κ1) is 21.6. The number of unbranched alkanes of at least 4 members (excludes halogenated alkanes) is 1. The second-order valence-corrected chi connectivity index (χ2v) is 7.47. The number of hydrogen-bond acceptors (Lipinski definition) is 4. The summed E-state index contributed by atoms with van der Waals surface area (Å²) in [6.45, 7) is 1.24. The topological polar surface area (TPSA) is 93.1 Å². The van der Waals surface area contributed by atoms with E-state index in [0.717, 1.165) is 31.1 Å². The standard InChI is InChI=1S/C21H25N3O3S/c22-19(25)11-8-13-23-21(27)17-9-2-3-10-18(17)28-20(26)12-4-7-16-24-14-5-1-6-15-24/h1-3,5-6,9-10,14-15H,4,7-8,11-13,16H2,(H2-,22,23,25,27)/p+1. The van der Waals surface area contributed by atoms with Crippen LogP contribution in [0.25, 0.3) is 0 Å². The van der Waals surface area contributed by atoms with Gasteiger partial charge in [-0.3, -0.25) is 14.4 Å². The lowest BCUT2D eigenvalue weighted by Gasteiger charge is -2.09. The van der Waals surface area contributed by atoms with Gasteiger partial charge in [-0.15, -0.1) is 0 Å². The molecule has 0 aliphatic heterocycles. The van der Waals surface area contributed by atoms with Crippen LogP contribution in [0.1, 0.15) is 42.5 Å². The second kappa shape index (κ2) is 11.9. The number of benzene rings is 1. The molecule has 0 radical (unpaired) electrons. The molecule has 0 bridgehead atoms. The summed E-state index contributed by atoms with van der Waals surface area (Å²) in [4.78, 5) is 36.1. The molecular weight excluding hydrogens is 374 g/mol. The summed E-state index contributed by atoms with van der Waals surface area (Å²) in [5.74, 6) is -0.637. The summed E-state index contributed by atoms with van der Waals surface area (Å²) in [6.07, 6.45) is 6.93. The number of nitrogens with zero attached hydrogens (tertiary/aromatic N) is 1. The third-order valence-electron chi connectivity index (χ3n) is 4.07. The summed E-state index contributed by atoms with van der Waals surface area (Å²) in [5.41, 5.74) is 5.56. The summed E-state index contributed by atoms with van der Waals surface area (Å²) < 4.78 is 2.09. The van der Waals surface area contributed by atoms with E-state index < -0.39 is 0 Å². The number of nitrogens with one attached hydrogen (secondary N) is 1. The number of carbonyl (C=O) groups excluding carboxylic acids is 3. The van der Waals surface area contributed by atoms with E-state index in [0.29, 0.717) is 29.8 Å². The number of hydrogen-bond donors (Lipinski definition) is 2. The zero-order valence-electron chi connectivity index (χ0n) is 15.8. The van der Waals surface area contributed by atoms with Gasteiger partial charge in [0.1, 0.15) is 6.54 Å². The molecule has 2 aromatic rings. The Labute approximate surface area is 169 Å². The molecule has 2 rings (SSSR count). The van der Waals surface area contributed by atoms with Crippen molar-refractivity contribution >= 4 is 28.7 Å². The Morgan fingerprint density at radius 1 is 0.929 bits per heavy atom. The molecule has 2 amide bonds. The van der Waals surface area contributed by atoms with Gasteiger partial charge in [0.15, 0.2) is 17.5 Å². The molecular formula is C21H26N3O3S+. The van der Waals surface area contributed by atoms with E-state index in [-0.39, 0.29) is 23.4 Å². The Kier molecular flexibility index (Phi) is 9.21. The smallest absolute Gasteiger partial charge is 0.252 e. The number of aromatic nitrogens is 1. The summed E-state index contributed by atoms with van der Waals surface area (Å²) in [5, 5.41) is 2.81. The molecule has 148 valence electrons. The van der Waals surface area contributed by atoms with Crippen LogP contribution in [0, 0.1) is 0 Å². The summed E-state index contributed by atoms with van der Waals surface area (Å²) in [7, 11) is 0. The van der Waals surface area contributed by atoms with Crippen molar-refractivity contribution in [2.75, 3.05) is 6.54 Å². The van der Waals surface area contributed by atoms with E-state index in [1.807, 2.05) is 36.7 Å². The molecule has 0 unspecified atom stereocenters. The molecule has 3 N–H and O–H groups in total. The highest BCUT2D eigenvalue weighted by atomic mass is 32.2. The first-order valence-corrected chi connectivity index (χ1v) is 10.2. The lowest BCUT2D eigenvalue weighted by Crippen LogP contribution is -2.32. The third-order valence-corrected chi connectivity index (χ3v) is 5.07. The van der Waals surface area contributed by atoms with Gasteiger partial charge in [0.2, 0.25) is 5.91 Å². The lowest BCUT2D eigenvalue weighted by atomic mass is 10.2. The van der Waals surface area contributed by atoms with Crippen LogP contribution < -0.4 is 15.6 Å². The van der Waals surface area contributed by atoms with E-state index in [1.165, 1.54) is 0 Å². The number of aryl methyl sites for hydroxylation is 1. The van der Waals surface area contributed by atoms with E-state index in [4.69, 9.17) is 5.73 Å². The number of pyridine rings is 1. The highest BCUT2D eigenvalue weighted by Crippen LogP contribution is 2.25. The van der Waals surface area contributed by atoms with Gasteiger partial charge in [-0.1, -0.05) is 30.0 Å². The molecule has 1 heterocycles. The minimum absolute atomic E-state index is 0.0482. The van der Waals surface area contributed by atoms with Crippen molar-refractivity contribution in [2.45, 2.75) is 43.5 Å². The van der Waals surface area contributed by atoms with E-state index in [1.54, 1.807) is 18.2 Å². The fourth-order valence-corrected chi connectivity index (χ4v) is 3.53. The summed E-state index contributed by atoms with van der Waals surface area (Å²) >= 11 is 1.11. The molecule has 1 aromatic heterocycles. The van der Waals surface area contributed by atoms with Crippen molar-refractivity contribution in [2.24, 2.45) is 5.73 Å². The lowest BCUT2D eigenvalue weighted by molar-refractivity contribution is -0.697. The molecule has 28 heavy (non-hydrogen) atoms. The predicted molar refractivity (Wildman–Crippen MR) is 109 cm³/mol. The van der Waals surface area contributed by atoms with Gasteiger partial charge in [0.25, 0.3) is 5.91 Å². The molecule has 6 nitrogen and oxygen atoms in total. The third kappa shape index (κ3) is 7.92. The van der Waals surface area contributed by atoms with Crippen LogP contribution in [0.3, 0.4) is 0 Å². The first-order chi connectivity index (χ1) is 13.6. The van der Waals surface area contributed by atoms with Gasteiger partial charge in [0.05, 0.1) is 5.56 Å². The summed E-state index contributed by atoms with van der Waals surface area (Å²) in [6, 6.07) is 13.0. The van der Waals surface area contributed by atoms with Crippen LogP contribution in [0.4, 0.5) is 0 Å². The molecule has 0 aliphatic carbocycles. The van der Waals surface area contributed by atoms with E-state index in [2.05, 4.69) is 9.88 Å². The van der Waals surface area contributed by atoms with Gasteiger partial charge < -0.3 is 11.1 Å². The van der Waals surface area contributed by atoms with Gasteiger partial charge >= 0.3 is 0 Å². The van der Waals surface area contributed by atoms with Crippen molar-refractivity contribution in [3.05, 3.63) is 60.4 Å². The fourth-order valence-electron chi connectivity index (χ4n) is 2.62. The molecule has 0 saturated carbocycles. The molecule has 0 spiro atoms. The van der Waals surface area contributed by atoms with E-state index in [9.17, 15) is 14.4 Å². The molecule has 0 fully saturated rings. The number of primary amides is 1. The second-order valence-electron chi connectivity index (χ2n) is 6.37. The number of carbonyl (C=O) groups is 3. The predicted octanol–water partition coefficient (Wildman–Crippen LogP) is 2.46. The average Bonchev–Trinajstić information content (AvgIpc) is 2.69. The first-order valence-electron chi connectivity index (χ1n) is 9.36. The Hall–Kier alpha value is -2.67. The van der Waals surface area contributed by atoms with E-state index >= 15 is 0 Å². The zero-order valence-corrected chi connectivity index (χ0v) is 16.6. The van der Waals surface area contributed by atoms with Crippen LogP contribution in [0.5, 0.6) is 0 Å². The normalized spacial score (nSPS) is 10.4.